The van der Waals surface area contributed by atoms with E-state index < -0.39 is 12.1 Å². The monoisotopic (exact) mass is 447 g/mol. The van der Waals surface area contributed by atoms with Crippen molar-refractivity contribution in [3.8, 4) is 5.75 Å². The molecule has 0 unspecified atom stereocenters. The molecule has 3 aromatic rings. The van der Waals surface area contributed by atoms with Gasteiger partial charge in [0.05, 0.1) is 0 Å². The number of carboxylic acid groups (broad SMARTS) is 1. The van der Waals surface area contributed by atoms with E-state index in [9.17, 15) is 9.59 Å². The second-order valence-electron chi connectivity index (χ2n) is 7.74. The van der Waals surface area contributed by atoms with E-state index in [0.29, 0.717) is 18.8 Å². The molecule has 6 nitrogen and oxygen atoms in total. The van der Waals surface area contributed by atoms with Gasteiger partial charge in [-0.15, -0.1) is 0 Å². The summed E-state index contributed by atoms with van der Waals surface area (Å²) in [4.78, 5) is 25.9. The number of carbonyl (C=O) groups excluding carboxylic acids is 1. The minimum atomic E-state index is -1.00. The van der Waals surface area contributed by atoms with Crippen LogP contribution in [0.1, 0.15) is 16.7 Å². The second kappa shape index (κ2) is 12.4. The van der Waals surface area contributed by atoms with Crippen molar-refractivity contribution in [2.75, 3.05) is 20.3 Å². The van der Waals surface area contributed by atoms with Crippen LogP contribution < -0.4 is 4.74 Å². The number of rotatable bonds is 12. The first-order chi connectivity index (χ1) is 16.0. The van der Waals surface area contributed by atoms with E-state index in [2.05, 4.69) is 12.1 Å². The van der Waals surface area contributed by atoms with Crippen LogP contribution in [-0.2, 0) is 33.7 Å². The fraction of sp³-hybridized carbons (Fsp3) is 0.259. The third kappa shape index (κ3) is 7.77. The van der Waals surface area contributed by atoms with E-state index in [1.807, 2.05) is 53.4 Å². The minimum Gasteiger partial charge on any atom is -0.484 e. The average molecular weight is 448 g/mol. The van der Waals surface area contributed by atoms with Gasteiger partial charge in [-0.3, -0.25) is 4.79 Å². The van der Waals surface area contributed by atoms with E-state index in [1.54, 1.807) is 24.3 Å². The van der Waals surface area contributed by atoms with Gasteiger partial charge in [-0.2, -0.15) is 0 Å². The zero-order valence-corrected chi connectivity index (χ0v) is 18.7. The number of carboxylic acids is 1. The third-order valence-corrected chi connectivity index (χ3v) is 5.35. The highest BCUT2D eigenvalue weighted by Gasteiger charge is 2.17. The molecule has 0 saturated heterocycles. The zero-order chi connectivity index (χ0) is 23.5. The van der Waals surface area contributed by atoms with E-state index >= 15 is 0 Å². The third-order valence-electron chi connectivity index (χ3n) is 5.35. The van der Waals surface area contributed by atoms with Gasteiger partial charge in [0, 0.05) is 26.6 Å². The highest BCUT2D eigenvalue weighted by Crippen LogP contribution is 2.15. The van der Waals surface area contributed by atoms with E-state index in [0.717, 1.165) is 17.5 Å². The lowest BCUT2D eigenvalue weighted by molar-refractivity contribution is -0.148. The molecule has 1 atom stereocenters. The smallest absolute Gasteiger partial charge is 0.333 e. The lowest BCUT2D eigenvalue weighted by Gasteiger charge is -2.23. The van der Waals surface area contributed by atoms with Crippen molar-refractivity contribution in [3.63, 3.8) is 0 Å². The number of methoxy groups -OCH3 is 1. The van der Waals surface area contributed by atoms with Gasteiger partial charge >= 0.3 is 5.97 Å². The summed E-state index contributed by atoms with van der Waals surface area (Å²) in [5.74, 6) is -0.541. The number of amides is 1. The number of ether oxygens (including phenoxy) is 2. The van der Waals surface area contributed by atoms with Crippen LogP contribution in [0.4, 0.5) is 0 Å². The van der Waals surface area contributed by atoms with Crippen LogP contribution >= 0.6 is 0 Å². The lowest BCUT2D eigenvalue weighted by atomic mass is 10.1. The van der Waals surface area contributed by atoms with Crippen LogP contribution in [0.15, 0.2) is 84.9 Å². The maximum atomic E-state index is 13.0. The summed E-state index contributed by atoms with van der Waals surface area (Å²) in [5.41, 5.74) is 3.06. The van der Waals surface area contributed by atoms with Crippen molar-refractivity contribution in [1.82, 2.24) is 4.90 Å². The standard InChI is InChI=1S/C27H29NO5/c1-32-25(27(30)31)18-22-12-14-24(15-13-22)33-20-26(29)28(19-23-10-6-3-7-11-23)17-16-21-8-4-2-5-9-21/h2-15,25H,16-20H2,1H3,(H,30,31)/t25-/m0/s1. The van der Waals surface area contributed by atoms with Crippen LogP contribution in [0.2, 0.25) is 0 Å². The molecule has 1 N–H and O–H groups in total. The number of nitrogens with zero attached hydrogens (tertiary/aromatic N) is 1. The summed E-state index contributed by atoms with van der Waals surface area (Å²) >= 11 is 0. The van der Waals surface area contributed by atoms with Crippen molar-refractivity contribution < 1.29 is 24.2 Å². The topological polar surface area (TPSA) is 76.1 Å². The van der Waals surface area contributed by atoms with Gasteiger partial charge in [-0.1, -0.05) is 72.8 Å². The Labute approximate surface area is 194 Å². The number of benzene rings is 3. The number of aliphatic carboxylic acids is 1. The Kier molecular flexibility index (Phi) is 9.03. The Bertz CT molecular complexity index is 1010. The Hall–Kier alpha value is -3.64. The van der Waals surface area contributed by atoms with Crippen molar-refractivity contribution in [2.45, 2.75) is 25.5 Å². The van der Waals surface area contributed by atoms with Gasteiger partial charge in [0.2, 0.25) is 0 Å². The Morgan fingerprint density at radius 1 is 0.848 bits per heavy atom. The summed E-state index contributed by atoms with van der Waals surface area (Å²) in [5, 5.41) is 9.12. The fourth-order valence-electron chi connectivity index (χ4n) is 3.45. The Balaban J connectivity index is 1.59. The summed E-state index contributed by atoms with van der Waals surface area (Å²) < 4.78 is 10.7. The first-order valence-corrected chi connectivity index (χ1v) is 10.9. The molecular weight excluding hydrogens is 418 g/mol. The molecule has 3 aromatic carbocycles. The van der Waals surface area contributed by atoms with Crippen molar-refractivity contribution in [3.05, 3.63) is 102 Å². The minimum absolute atomic E-state index is 0.0726. The van der Waals surface area contributed by atoms with Gasteiger partial charge in [-0.25, -0.2) is 4.79 Å². The number of carbonyl (C=O) groups is 2. The second-order valence-corrected chi connectivity index (χ2v) is 7.74. The highest BCUT2D eigenvalue weighted by atomic mass is 16.5. The Morgan fingerprint density at radius 2 is 1.45 bits per heavy atom. The van der Waals surface area contributed by atoms with E-state index in [4.69, 9.17) is 14.6 Å². The predicted octanol–water partition coefficient (Wildman–Crippen LogP) is 3.98. The van der Waals surface area contributed by atoms with Crippen LogP contribution in [-0.4, -0.2) is 48.2 Å². The molecule has 1 amide bonds. The zero-order valence-electron chi connectivity index (χ0n) is 18.7. The molecule has 0 aliphatic rings. The maximum absolute atomic E-state index is 13.0. The van der Waals surface area contributed by atoms with Gasteiger partial charge in [0.15, 0.2) is 12.7 Å². The molecule has 3 rings (SSSR count). The Morgan fingerprint density at radius 3 is 2.03 bits per heavy atom. The first kappa shape index (κ1) is 24.0. The number of hydrogen-bond donors (Lipinski definition) is 1. The van der Waals surface area contributed by atoms with Crippen LogP contribution in [0.25, 0.3) is 0 Å². The van der Waals surface area contributed by atoms with Crippen molar-refractivity contribution in [2.24, 2.45) is 0 Å². The highest BCUT2D eigenvalue weighted by molar-refractivity contribution is 5.77. The molecule has 33 heavy (non-hydrogen) atoms. The lowest BCUT2D eigenvalue weighted by Crippen LogP contribution is -2.36. The van der Waals surface area contributed by atoms with Crippen LogP contribution in [0.5, 0.6) is 5.75 Å². The van der Waals surface area contributed by atoms with E-state index in [-0.39, 0.29) is 18.9 Å². The molecule has 0 aliphatic heterocycles. The molecule has 0 saturated carbocycles. The SMILES string of the molecule is CO[C@@H](Cc1ccc(OCC(=O)N(CCc2ccccc2)Cc2ccccc2)cc1)C(=O)O. The van der Waals surface area contributed by atoms with Crippen LogP contribution in [0.3, 0.4) is 0 Å². The molecule has 0 radical (unpaired) electrons. The fourth-order valence-corrected chi connectivity index (χ4v) is 3.45. The molecule has 0 aliphatic carbocycles. The molecule has 0 fully saturated rings. The summed E-state index contributed by atoms with van der Waals surface area (Å²) in [6, 6.07) is 27.0. The van der Waals surface area contributed by atoms with Gasteiger partial charge in [0.25, 0.3) is 5.91 Å². The predicted molar refractivity (Wildman–Crippen MR) is 126 cm³/mol. The van der Waals surface area contributed by atoms with E-state index in [1.165, 1.54) is 12.7 Å². The van der Waals surface area contributed by atoms with Gasteiger partial charge < -0.3 is 19.5 Å². The molecule has 0 spiro atoms. The van der Waals surface area contributed by atoms with Crippen molar-refractivity contribution >= 4 is 11.9 Å². The molecular formula is C27H29NO5. The van der Waals surface area contributed by atoms with Gasteiger partial charge in [0.1, 0.15) is 5.75 Å². The average Bonchev–Trinajstić information content (AvgIpc) is 2.85. The molecule has 0 aromatic heterocycles. The van der Waals surface area contributed by atoms with Gasteiger partial charge in [-0.05, 0) is 35.2 Å². The summed E-state index contributed by atoms with van der Waals surface area (Å²) in [7, 11) is 1.38. The van der Waals surface area contributed by atoms with Crippen LogP contribution in [0, 0.1) is 0 Å². The molecule has 172 valence electrons. The summed E-state index contributed by atoms with van der Waals surface area (Å²) in [6.07, 6.45) is 0.128. The summed E-state index contributed by atoms with van der Waals surface area (Å²) in [6.45, 7) is 1.03. The quantitative estimate of drug-likeness (QED) is 0.455. The molecule has 6 heteroatoms. The number of hydrogen-bond acceptors (Lipinski definition) is 4. The maximum Gasteiger partial charge on any atom is 0.333 e. The normalized spacial score (nSPS) is 11.5. The molecule has 0 bridgehead atoms. The molecule has 0 heterocycles. The first-order valence-electron chi connectivity index (χ1n) is 10.9. The van der Waals surface area contributed by atoms with Crippen molar-refractivity contribution in [1.29, 1.82) is 0 Å². The largest absolute Gasteiger partial charge is 0.484 e.